The first-order valence-electron chi connectivity index (χ1n) is 8.34. The molecule has 0 saturated carbocycles. The first kappa shape index (κ1) is 18.5. The number of carbonyl (C=O) groups excluding carboxylic acids is 1. The third-order valence-electron chi connectivity index (χ3n) is 4.35. The number of amides is 1. The van der Waals surface area contributed by atoms with Gasteiger partial charge in [0.2, 0.25) is 0 Å². The maximum absolute atomic E-state index is 12.5. The predicted octanol–water partition coefficient (Wildman–Crippen LogP) is 5.38. The monoisotopic (exact) mass is 387 g/mol. The molecule has 2 atom stereocenters. The molecule has 1 aromatic heterocycles. The van der Waals surface area contributed by atoms with E-state index in [2.05, 4.69) is 22.4 Å². The molecule has 0 aliphatic heterocycles. The molecular formula is C20H19Cl2N3O. The van der Waals surface area contributed by atoms with E-state index >= 15 is 0 Å². The molecule has 0 bridgehead atoms. The summed E-state index contributed by atoms with van der Waals surface area (Å²) in [5.74, 6) is -0.0309. The van der Waals surface area contributed by atoms with Gasteiger partial charge in [-0.15, -0.1) is 0 Å². The Hall–Kier alpha value is -2.30. The van der Waals surface area contributed by atoms with Crippen LogP contribution in [0, 0.1) is 0 Å². The lowest BCUT2D eigenvalue weighted by molar-refractivity contribution is 0.0933. The Balaban J connectivity index is 1.82. The zero-order valence-electron chi connectivity index (χ0n) is 14.2. The third kappa shape index (κ3) is 4.45. The summed E-state index contributed by atoms with van der Waals surface area (Å²) >= 11 is 12.4. The van der Waals surface area contributed by atoms with Crippen LogP contribution in [0.5, 0.6) is 0 Å². The normalized spacial score (nSPS) is 13.2. The summed E-state index contributed by atoms with van der Waals surface area (Å²) in [6.07, 6.45) is 3.79. The first-order valence-corrected chi connectivity index (χ1v) is 9.09. The largest absolute Gasteiger partial charge is 0.345 e. The Morgan fingerprint density at radius 2 is 1.96 bits per heavy atom. The number of nitrogens with zero attached hydrogens (tertiary/aromatic N) is 1. The molecule has 0 fully saturated rings. The highest BCUT2D eigenvalue weighted by Gasteiger charge is 2.21. The van der Waals surface area contributed by atoms with E-state index in [-0.39, 0.29) is 17.9 Å². The van der Waals surface area contributed by atoms with Crippen LogP contribution in [0.3, 0.4) is 0 Å². The quantitative estimate of drug-likeness (QED) is 0.596. The smallest absolute Gasteiger partial charge is 0.254 e. The number of aromatic amines is 1. The highest BCUT2D eigenvalue weighted by atomic mass is 35.5. The van der Waals surface area contributed by atoms with Crippen molar-refractivity contribution in [2.45, 2.75) is 25.3 Å². The van der Waals surface area contributed by atoms with Crippen LogP contribution in [-0.4, -0.2) is 16.1 Å². The summed E-state index contributed by atoms with van der Waals surface area (Å²) in [5, 5.41) is 10.8. The topological polar surface area (TPSA) is 57.8 Å². The molecule has 2 unspecified atom stereocenters. The molecule has 1 amide bonds. The van der Waals surface area contributed by atoms with Crippen molar-refractivity contribution in [1.82, 2.24) is 15.5 Å². The fourth-order valence-corrected chi connectivity index (χ4v) is 3.56. The summed E-state index contributed by atoms with van der Waals surface area (Å²) in [4.78, 5) is 12.5. The van der Waals surface area contributed by atoms with Crippen molar-refractivity contribution in [2.24, 2.45) is 0 Å². The van der Waals surface area contributed by atoms with Gasteiger partial charge in [0.25, 0.3) is 5.91 Å². The number of halogens is 2. The first-order chi connectivity index (χ1) is 12.5. The number of rotatable bonds is 6. The molecule has 3 rings (SSSR count). The fraction of sp³-hybridized carbons (Fsp3) is 0.200. The second-order valence-electron chi connectivity index (χ2n) is 6.23. The van der Waals surface area contributed by atoms with Crippen molar-refractivity contribution in [1.29, 1.82) is 0 Å². The predicted molar refractivity (Wildman–Crippen MR) is 105 cm³/mol. The Kier molecular flexibility index (Phi) is 5.96. The van der Waals surface area contributed by atoms with Gasteiger partial charge >= 0.3 is 0 Å². The van der Waals surface area contributed by atoms with Crippen LogP contribution in [0.1, 0.15) is 46.8 Å². The minimum atomic E-state index is -0.165. The fourth-order valence-electron chi connectivity index (χ4n) is 2.96. The van der Waals surface area contributed by atoms with Crippen LogP contribution in [0.25, 0.3) is 0 Å². The number of hydrogen-bond donors (Lipinski definition) is 2. The number of hydrogen-bond acceptors (Lipinski definition) is 2. The minimum Gasteiger partial charge on any atom is -0.345 e. The van der Waals surface area contributed by atoms with Gasteiger partial charge in [0.15, 0.2) is 0 Å². The molecule has 134 valence electrons. The van der Waals surface area contributed by atoms with E-state index in [9.17, 15) is 4.79 Å². The zero-order chi connectivity index (χ0) is 18.5. The second kappa shape index (κ2) is 8.39. The van der Waals surface area contributed by atoms with Gasteiger partial charge in [0.1, 0.15) is 0 Å². The molecule has 26 heavy (non-hydrogen) atoms. The van der Waals surface area contributed by atoms with Crippen molar-refractivity contribution in [3.05, 3.63) is 87.7 Å². The molecule has 4 nitrogen and oxygen atoms in total. The van der Waals surface area contributed by atoms with Gasteiger partial charge in [0, 0.05) is 16.2 Å². The van der Waals surface area contributed by atoms with E-state index < -0.39 is 0 Å². The van der Waals surface area contributed by atoms with E-state index in [1.807, 2.05) is 42.5 Å². The molecule has 6 heteroatoms. The standard InChI is InChI=1S/C20H19Cl2N3O/c1-13(17-8-7-16(21)10-18(17)22)9-19(14-5-3-2-4-6-14)25-20(26)15-11-23-24-12-15/h2-8,10-13,19H,9H2,1H3,(H,23,24)(H,25,26). The molecule has 1 heterocycles. The van der Waals surface area contributed by atoms with E-state index in [1.54, 1.807) is 12.3 Å². The lowest BCUT2D eigenvalue weighted by atomic mass is 9.90. The van der Waals surface area contributed by atoms with Crippen molar-refractivity contribution in [3.63, 3.8) is 0 Å². The number of H-pyrrole nitrogens is 1. The van der Waals surface area contributed by atoms with Crippen LogP contribution in [-0.2, 0) is 0 Å². The summed E-state index contributed by atoms with van der Waals surface area (Å²) in [6, 6.07) is 15.3. The van der Waals surface area contributed by atoms with Gasteiger partial charge in [0.05, 0.1) is 17.8 Å². The molecule has 2 N–H and O–H groups in total. The summed E-state index contributed by atoms with van der Waals surface area (Å²) < 4.78 is 0. The average molecular weight is 388 g/mol. The van der Waals surface area contributed by atoms with Crippen molar-refractivity contribution in [3.8, 4) is 0 Å². The van der Waals surface area contributed by atoms with Crippen LogP contribution in [0.2, 0.25) is 10.0 Å². The summed E-state index contributed by atoms with van der Waals surface area (Å²) in [5.41, 5.74) is 2.55. The Morgan fingerprint density at radius 3 is 2.62 bits per heavy atom. The molecule has 3 aromatic rings. The molecule has 0 spiro atoms. The van der Waals surface area contributed by atoms with E-state index in [0.29, 0.717) is 22.0 Å². The molecule has 0 radical (unpaired) electrons. The average Bonchev–Trinajstić information content (AvgIpc) is 3.16. The van der Waals surface area contributed by atoms with Crippen LogP contribution in [0.4, 0.5) is 0 Å². The van der Waals surface area contributed by atoms with Crippen LogP contribution < -0.4 is 5.32 Å². The lowest BCUT2D eigenvalue weighted by Gasteiger charge is -2.23. The summed E-state index contributed by atoms with van der Waals surface area (Å²) in [6.45, 7) is 2.09. The third-order valence-corrected chi connectivity index (χ3v) is 4.91. The highest BCUT2D eigenvalue weighted by molar-refractivity contribution is 6.35. The van der Waals surface area contributed by atoms with Gasteiger partial charge < -0.3 is 5.32 Å². The number of aromatic nitrogens is 2. The molecule has 0 saturated heterocycles. The zero-order valence-corrected chi connectivity index (χ0v) is 15.8. The molecule has 0 aliphatic rings. The highest BCUT2D eigenvalue weighted by Crippen LogP contribution is 2.33. The van der Waals surface area contributed by atoms with Crippen LogP contribution in [0.15, 0.2) is 60.9 Å². The number of carbonyl (C=O) groups is 1. The van der Waals surface area contributed by atoms with Crippen molar-refractivity contribution in [2.75, 3.05) is 0 Å². The maximum Gasteiger partial charge on any atom is 0.254 e. The van der Waals surface area contributed by atoms with Gasteiger partial charge in [-0.1, -0.05) is 66.5 Å². The summed E-state index contributed by atoms with van der Waals surface area (Å²) in [7, 11) is 0. The maximum atomic E-state index is 12.5. The Bertz CT molecular complexity index is 866. The van der Waals surface area contributed by atoms with E-state index in [4.69, 9.17) is 23.2 Å². The van der Waals surface area contributed by atoms with Gasteiger partial charge in [-0.25, -0.2) is 0 Å². The number of benzene rings is 2. The molecular weight excluding hydrogens is 369 g/mol. The lowest BCUT2D eigenvalue weighted by Crippen LogP contribution is -2.29. The Labute approximate surface area is 162 Å². The molecule has 0 aliphatic carbocycles. The SMILES string of the molecule is CC(CC(NC(=O)c1cn[nH]c1)c1ccccc1)c1ccc(Cl)cc1Cl. The van der Waals surface area contributed by atoms with Gasteiger partial charge in [-0.3, -0.25) is 9.89 Å². The van der Waals surface area contributed by atoms with Crippen LogP contribution >= 0.6 is 23.2 Å². The van der Waals surface area contributed by atoms with Crippen molar-refractivity contribution < 1.29 is 4.79 Å². The van der Waals surface area contributed by atoms with Crippen molar-refractivity contribution >= 4 is 29.1 Å². The minimum absolute atomic E-state index is 0.134. The number of nitrogens with one attached hydrogen (secondary N) is 2. The van der Waals surface area contributed by atoms with Gasteiger partial charge in [-0.05, 0) is 35.6 Å². The molecule has 2 aromatic carbocycles. The van der Waals surface area contributed by atoms with Gasteiger partial charge in [-0.2, -0.15) is 5.10 Å². The van der Waals surface area contributed by atoms with E-state index in [1.165, 1.54) is 6.20 Å². The Morgan fingerprint density at radius 1 is 1.19 bits per heavy atom. The second-order valence-corrected chi connectivity index (χ2v) is 7.07. The van der Waals surface area contributed by atoms with E-state index in [0.717, 1.165) is 11.1 Å².